The summed E-state index contributed by atoms with van der Waals surface area (Å²) in [6, 6.07) is 3.85. The van der Waals surface area contributed by atoms with Crippen molar-refractivity contribution in [3.05, 3.63) is 23.9 Å². The van der Waals surface area contributed by atoms with E-state index >= 15 is 0 Å². The average molecular weight is 320 g/mol. The third kappa shape index (κ3) is 4.80. The van der Waals surface area contributed by atoms with Crippen molar-refractivity contribution in [3.8, 4) is 0 Å². The van der Waals surface area contributed by atoms with Crippen LogP contribution in [0.4, 0.5) is 10.6 Å². The topological polar surface area (TPSA) is 75.7 Å². The van der Waals surface area contributed by atoms with Crippen molar-refractivity contribution in [3.63, 3.8) is 0 Å². The Bertz CT molecular complexity index is 497. The van der Waals surface area contributed by atoms with Gasteiger partial charge in [-0.15, -0.1) is 0 Å². The van der Waals surface area contributed by atoms with E-state index in [0.29, 0.717) is 19.0 Å². The third-order valence-corrected chi connectivity index (χ3v) is 4.17. The molecule has 3 rings (SSSR count). The van der Waals surface area contributed by atoms with Gasteiger partial charge in [0.05, 0.1) is 19.8 Å². The molecule has 7 heteroatoms. The molecule has 2 N–H and O–H groups in total. The van der Waals surface area contributed by atoms with E-state index in [1.807, 2.05) is 18.3 Å². The molecule has 23 heavy (non-hydrogen) atoms. The third-order valence-electron chi connectivity index (χ3n) is 4.17. The Kier molecular flexibility index (Phi) is 5.65. The molecule has 7 nitrogen and oxygen atoms in total. The minimum Gasteiger partial charge on any atom is -0.381 e. The van der Waals surface area contributed by atoms with Gasteiger partial charge in [-0.25, -0.2) is 9.78 Å². The van der Waals surface area contributed by atoms with Crippen molar-refractivity contribution >= 4 is 11.8 Å². The van der Waals surface area contributed by atoms with E-state index in [0.717, 1.165) is 57.3 Å². The van der Waals surface area contributed by atoms with Crippen LogP contribution in [0.2, 0.25) is 0 Å². The Morgan fingerprint density at radius 1 is 1.22 bits per heavy atom. The Hall–Kier alpha value is -1.86. The van der Waals surface area contributed by atoms with Gasteiger partial charge in [0.15, 0.2) is 0 Å². The van der Waals surface area contributed by atoms with Crippen LogP contribution in [-0.2, 0) is 16.0 Å². The van der Waals surface area contributed by atoms with Gasteiger partial charge in [-0.3, -0.25) is 0 Å². The summed E-state index contributed by atoms with van der Waals surface area (Å²) in [7, 11) is 0. The van der Waals surface area contributed by atoms with Crippen molar-refractivity contribution < 1.29 is 14.3 Å². The van der Waals surface area contributed by atoms with Crippen LogP contribution in [0.3, 0.4) is 0 Å². The van der Waals surface area contributed by atoms with Crippen LogP contribution in [0.15, 0.2) is 18.3 Å². The van der Waals surface area contributed by atoms with Crippen LogP contribution < -0.4 is 15.5 Å². The first-order valence-electron chi connectivity index (χ1n) is 8.18. The van der Waals surface area contributed by atoms with Crippen LogP contribution in [0, 0.1) is 5.92 Å². The summed E-state index contributed by atoms with van der Waals surface area (Å²) in [6.45, 7) is 5.93. The highest BCUT2D eigenvalue weighted by atomic mass is 16.5. The molecule has 0 spiro atoms. The predicted octanol–water partition coefficient (Wildman–Crippen LogP) is 0.754. The van der Waals surface area contributed by atoms with Gasteiger partial charge < -0.3 is 25.0 Å². The fourth-order valence-corrected chi connectivity index (χ4v) is 2.73. The number of rotatable bonds is 5. The van der Waals surface area contributed by atoms with Gasteiger partial charge in [-0.05, 0) is 18.1 Å². The van der Waals surface area contributed by atoms with Gasteiger partial charge in [0.2, 0.25) is 0 Å². The van der Waals surface area contributed by atoms with E-state index < -0.39 is 0 Å². The predicted molar refractivity (Wildman–Crippen MR) is 86.4 cm³/mol. The molecule has 2 amide bonds. The normalized spacial score (nSPS) is 21.2. The largest absolute Gasteiger partial charge is 0.381 e. The van der Waals surface area contributed by atoms with Crippen LogP contribution >= 0.6 is 0 Å². The molecule has 0 aromatic carbocycles. The molecule has 0 radical (unpaired) electrons. The number of nitrogens with one attached hydrogen (secondary N) is 2. The van der Waals surface area contributed by atoms with Gasteiger partial charge in [-0.2, -0.15) is 0 Å². The summed E-state index contributed by atoms with van der Waals surface area (Å²) in [5.41, 5.74) is 0.987. The summed E-state index contributed by atoms with van der Waals surface area (Å²) in [6.07, 6.45) is 2.84. The number of amides is 2. The molecule has 1 aromatic rings. The molecule has 2 saturated heterocycles. The number of hydrogen-bond acceptors (Lipinski definition) is 5. The van der Waals surface area contributed by atoms with E-state index in [2.05, 4.69) is 20.5 Å². The van der Waals surface area contributed by atoms with Crippen LogP contribution in [0.5, 0.6) is 0 Å². The van der Waals surface area contributed by atoms with E-state index in [1.165, 1.54) is 0 Å². The van der Waals surface area contributed by atoms with Gasteiger partial charge in [0.1, 0.15) is 5.82 Å². The quantitative estimate of drug-likeness (QED) is 0.837. The van der Waals surface area contributed by atoms with Crippen molar-refractivity contribution in [1.29, 1.82) is 0 Å². The van der Waals surface area contributed by atoms with Gasteiger partial charge in [-0.1, -0.05) is 6.07 Å². The summed E-state index contributed by atoms with van der Waals surface area (Å²) in [5, 5.41) is 5.74. The molecule has 0 saturated carbocycles. The van der Waals surface area contributed by atoms with Gasteiger partial charge >= 0.3 is 6.03 Å². The molecule has 0 unspecified atom stereocenters. The van der Waals surface area contributed by atoms with E-state index in [-0.39, 0.29) is 6.03 Å². The minimum atomic E-state index is -0.144. The SMILES string of the molecule is O=C(NCc1ccc(N2CCOCC2)nc1)NC[C@H]1CCOC1. The lowest BCUT2D eigenvalue weighted by molar-refractivity contribution is 0.122. The first-order chi connectivity index (χ1) is 11.3. The number of urea groups is 1. The second-order valence-corrected chi connectivity index (χ2v) is 5.92. The standard InChI is InChI=1S/C16H24N4O3/c21-16(19-11-14-3-6-23-12-14)18-10-13-1-2-15(17-9-13)20-4-7-22-8-5-20/h1-2,9,14H,3-8,10-12H2,(H2,18,19,21)/t14-/m1/s1. The highest BCUT2D eigenvalue weighted by Gasteiger charge is 2.16. The maximum absolute atomic E-state index is 11.8. The molecule has 2 aliphatic heterocycles. The van der Waals surface area contributed by atoms with Crippen LogP contribution in [0.1, 0.15) is 12.0 Å². The Balaban J connectivity index is 1.40. The average Bonchev–Trinajstić information content (AvgIpc) is 3.13. The lowest BCUT2D eigenvalue weighted by atomic mass is 10.1. The minimum absolute atomic E-state index is 0.144. The maximum atomic E-state index is 11.8. The van der Waals surface area contributed by atoms with Crippen molar-refractivity contribution in [2.75, 3.05) is 51.0 Å². The molecule has 126 valence electrons. The van der Waals surface area contributed by atoms with Gasteiger partial charge in [0, 0.05) is 44.9 Å². The zero-order valence-electron chi connectivity index (χ0n) is 13.3. The molecular formula is C16H24N4O3. The number of hydrogen-bond donors (Lipinski definition) is 2. The molecule has 2 aliphatic rings. The fourth-order valence-electron chi connectivity index (χ4n) is 2.73. The highest BCUT2D eigenvalue weighted by Crippen LogP contribution is 2.13. The van der Waals surface area contributed by atoms with Crippen LogP contribution in [0.25, 0.3) is 0 Å². The number of nitrogens with zero attached hydrogens (tertiary/aromatic N) is 2. The molecule has 0 bridgehead atoms. The molecule has 1 aromatic heterocycles. The summed E-state index contributed by atoms with van der Waals surface area (Å²) >= 11 is 0. The lowest BCUT2D eigenvalue weighted by Gasteiger charge is -2.27. The molecule has 2 fully saturated rings. The Morgan fingerprint density at radius 3 is 2.78 bits per heavy atom. The van der Waals surface area contributed by atoms with Crippen LogP contribution in [-0.4, -0.2) is 57.1 Å². The van der Waals surface area contributed by atoms with E-state index in [4.69, 9.17) is 9.47 Å². The number of morpholine rings is 1. The lowest BCUT2D eigenvalue weighted by Crippen LogP contribution is -2.38. The zero-order valence-corrected chi connectivity index (χ0v) is 13.3. The molecule has 3 heterocycles. The highest BCUT2D eigenvalue weighted by molar-refractivity contribution is 5.73. The second-order valence-electron chi connectivity index (χ2n) is 5.92. The number of pyridine rings is 1. The van der Waals surface area contributed by atoms with E-state index in [1.54, 1.807) is 0 Å². The first kappa shape index (κ1) is 16.0. The number of aromatic nitrogens is 1. The first-order valence-corrected chi connectivity index (χ1v) is 8.18. The Morgan fingerprint density at radius 2 is 2.09 bits per heavy atom. The molecule has 1 atom stereocenters. The number of carbonyl (C=O) groups is 1. The zero-order chi connectivity index (χ0) is 15.9. The summed E-state index contributed by atoms with van der Waals surface area (Å²) in [5.74, 6) is 1.40. The molecular weight excluding hydrogens is 296 g/mol. The second kappa shape index (κ2) is 8.12. The Labute approximate surface area is 136 Å². The number of carbonyl (C=O) groups excluding carboxylic acids is 1. The summed E-state index contributed by atoms with van der Waals surface area (Å²) in [4.78, 5) is 18.5. The summed E-state index contributed by atoms with van der Waals surface area (Å²) < 4.78 is 10.6. The fraction of sp³-hybridized carbons (Fsp3) is 0.625. The van der Waals surface area contributed by atoms with Crippen molar-refractivity contribution in [1.82, 2.24) is 15.6 Å². The van der Waals surface area contributed by atoms with Crippen molar-refractivity contribution in [2.45, 2.75) is 13.0 Å². The smallest absolute Gasteiger partial charge is 0.315 e. The number of ether oxygens (including phenoxy) is 2. The molecule has 0 aliphatic carbocycles. The van der Waals surface area contributed by atoms with Crippen molar-refractivity contribution in [2.24, 2.45) is 5.92 Å². The number of anilines is 1. The monoisotopic (exact) mass is 320 g/mol. The maximum Gasteiger partial charge on any atom is 0.315 e. The van der Waals surface area contributed by atoms with E-state index in [9.17, 15) is 4.79 Å². The van der Waals surface area contributed by atoms with Gasteiger partial charge in [0.25, 0.3) is 0 Å².